The van der Waals surface area contributed by atoms with Gasteiger partial charge in [0.25, 0.3) is 0 Å². The zero-order valence-corrected chi connectivity index (χ0v) is 14.5. The smallest absolute Gasteiger partial charge is 0.191 e. The minimum atomic E-state index is -0.0325. The van der Waals surface area contributed by atoms with Crippen LogP contribution in [0.1, 0.15) is 19.4 Å². The molecule has 0 amide bonds. The summed E-state index contributed by atoms with van der Waals surface area (Å²) < 4.78 is 1.13. The molecular weight excluding hydrogens is 334 g/mol. The normalized spacial score (nSPS) is 17.4. The second-order valence-electron chi connectivity index (χ2n) is 5.64. The van der Waals surface area contributed by atoms with E-state index in [1.165, 1.54) is 5.56 Å². The molecule has 1 fully saturated rings. The van der Waals surface area contributed by atoms with Crippen LogP contribution in [0.5, 0.6) is 0 Å². The van der Waals surface area contributed by atoms with E-state index in [0.717, 1.165) is 29.1 Å². The molecule has 0 unspecified atom stereocenters. The number of guanidine groups is 1. The van der Waals surface area contributed by atoms with E-state index in [0.29, 0.717) is 12.5 Å². The van der Waals surface area contributed by atoms with Crippen LogP contribution in [0.3, 0.4) is 0 Å². The van der Waals surface area contributed by atoms with Crippen LogP contribution >= 0.6 is 27.7 Å². The van der Waals surface area contributed by atoms with Crippen LogP contribution in [0.4, 0.5) is 0 Å². The molecule has 1 aliphatic heterocycles. The maximum atomic E-state index is 6.13. The summed E-state index contributed by atoms with van der Waals surface area (Å²) in [5.74, 6) is 2.97. The average Bonchev–Trinajstić information content (AvgIpc) is 2.46. The van der Waals surface area contributed by atoms with Gasteiger partial charge in [-0.05, 0) is 11.6 Å². The Bertz CT molecular complexity index is 482. The second kappa shape index (κ2) is 6.85. The van der Waals surface area contributed by atoms with E-state index < -0.39 is 0 Å². The number of nitrogens with two attached hydrogens (primary N) is 1. The Hall–Kier alpha value is -0.680. The van der Waals surface area contributed by atoms with Gasteiger partial charge in [0.1, 0.15) is 0 Å². The SMILES string of the molecule is CC(C)(CN=C(N)N1CCSCC1)c1ccccc1Br. The quantitative estimate of drug-likeness (QED) is 0.669. The van der Waals surface area contributed by atoms with Gasteiger partial charge in [0, 0.05) is 34.5 Å². The zero-order chi connectivity index (χ0) is 14.6. The van der Waals surface area contributed by atoms with Crippen LogP contribution in [0.15, 0.2) is 33.7 Å². The van der Waals surface area contributed by atoms with Crippen molar-refractivity contribution < 1.29 is 0 Å². The third kappa shape index (κ3) is 3.92. The largest absolute Gasteiger partial charge is 0.370 e. The summed E-state index contributed by atoms with van der Waals surface area (Å²) in [6, 6.07) is 8.32. The van der Waals surface area contributed by atoms with Gasteiger partial charge in [-0.2, -0.15) is 11.8 Å². The second-order valence-corrected chi connectivity index (χ2v) is 7.72. The molecule has 2 N–H and O–H groups in total. The van der Waals surface area contributed by atoms with Gasteiger partial charge in [0.05, 0.1) is 6.54 Å². The Balaban J connectivity index is 2.06. The first-order valence-electron chi connectivity index (χ1n) is 6.88. The molecule has 1 aromatic carbocycles. The van der Waals surface area contributed by atoms with Crippen LogP contribution in [-0.4, -0.2) is 42.0 Å². The lowest BCUT2D eigenvalue weighted by molar-refractivity contribution is 0.449. The fraction of sp³-hybridized carbons (Fsp3) is 0.533. The van der Waals surface area contributed by atoms with Gasteiger partial charge in [-0.25, -0.2) is 0 Å². The number of halogens is 1. The van der Waals surface area contributed by atoms with Gasteiger partial charge in [0.2, 0.25) is 0 Å². The fourth-order valence-corrected chi connectivity index (χ4v) is 3.99. The van der Waals surface area contributed by atoms with E-state index in [1.54, 1.807) is 0 Å². The number of aliphatic imine (C=N–C) groups is 1. The van der Waals surface area contributed by atoms with Crippen molar-refractivity contribution >= 4 is 33.7 Å². The van der Waals surface area contributed by atoms with Crippen LogP contribution in [-0.2, 0) is 5.41 Å². The summed E-state index contributed by atoms with van der Waals surface area (Å²) in [5.41, 5.74) is 7.36. The predicted octanol–water partition coefficient (Wildman–Crippen LogP) is 3.09. The van der Waals surface area contributed by atoms with Gasteiger partial charge < -0.3 is 10.6 Å². The van der Waals surface area contributed by atoms with E-state index in [4.69, 9.17) is 5.73 Å². The predicted molar refractivity (Wildman–Crippen MR) is 92.6 cm³/mol. The molecule has 0 spiro atoms. The summed E-state index contributed by atoms with van der Waals surface area (Å²) in [6.45, 7) is 7.13. The Labute approximate surface area is 134 Å². The summed E-state index contributed by atoms with van der Waals surface area (Å²) >= 11 is 5.60. The Morgan fingerprint density at radius 3 is 2.65 bits per heavy atom. The molecule has 0 radical (unpaired) electrons. The lowest BCUT2D eigenvalue weighted by Crippen LogP contribution is -2.43. The molecule has 0 aromatic heterocycles. The first kappa shape index (κ1) is 15.7. The number of hydrogen-bond acceptors (Lipinski definition) is 2. The van der Waals surface area contributed by atoms with E-state index >= 15 is 0 Å². The highest BCUT2D eigenvalue weighted by Crippen LogP contribution is 2.30. The number of hydrogen-bond donors (Lipinski definition) is 1. The monoisotopic (exact) mass is 355 g/mol. The van der Waals surface area contributed by atoms with Crippen molar-refractivity contribution in [3.63, 3.8) is 0 Å². The lowest BCUT2D eigenvalue weighted by Gasteiger charge is -2.29. The molecule has 0 atom stereocenters. The standard InChI is InChI=1S/C15H22BrN3S/c1-15(2,12-5-3-4-6-13(12)16)11-18-14(17)19-7-9-20-10-8-19/h3-6H,7-11H2,1-2H3,(H2,17,18). The van der Waals surface area contributed by atoms with E-state index in [-0.39, 0.29) is 5.41 Å². The maximum absolute atomic E-state index is 6.13. The summed E-state index contributed by atoms with van der Waals surface area (Å²) in [6.07, 6.45) is 0. The van der Waals surface area contributed by atoms with Crippen molar-refractivity contribution in [3.8, 4) is 0 Å². The molecular formula is C15H22BrN3S. The van der Waals surface area contributed by atoms with Crippen LogP contribution < -0.4 is 5.73 Å². The van der Waals surface area contributed by atoms with Crippen molar-refractivity contribution in [2.24, 2.45) is 10.7 Å². The third-order valence-corrected chi connectivity index (χ3v) is 5.21. The van der Waals surface area contributed by atoms with Crippen molar-refractivity contribution in [1.82, 2.24) is 4.90 Å². The van der Waals surface area contributed by atoms with Crippen LogP contribution in [0.25, 0.3) is 0 Å². The van der Waals surface area contributed by atoms with Crippen molar-refractivity contribution in [2.75, 3.05) is 31.1 Å². The first-order valence-corrected chi connectivity index (χ1v) is 8.83. The number of rotatable bonds is 3. The Kier molecular flexibility index (Phi) is 5.38. The minimum Gasteiger partial charge on any atom is -0.370 e. The van der Waals surface area contributed by atoms with Gasteiger partial charge in [-0.15, -0.1) is 0 Å². The van der Waals surface area contributed by atoms with E-state index in [2.05, 4.69) is 57.9 Å². The maximum Gasteiger partial charge on any atom is 0.191 e. The molecule has 110 valence electrons. The number of thioether (sulfide) groups is 1. The molecule has 1 aromatic rings. The van der Waals surface area contributed by atoms with Gasteiger partial charge in [-0.1, -0.05) is 48.0 Å². The average molecular weight is 356 g/mol. The Morgan fingerprint density at radius 1 is 1.35 bits per heavy atom. The molecule has 0 bridgehead atoms. The van der Waals surface area contributed by atoms with Gasteiger partial charge >= 0.3 is 0 Å². The Morgan fingerprint density at radius 2 is 2.00 bits per heavy atom. The zero-order valence-electron chi connectivity index (χ0n) is 12.1. The van der Waals surface area contributed by atoms with Gasteiger partial charge in [0.15, 0.2) is 5.96 Å². The molecule has 5 heteroatoms. The van der Waals surface area contributed by atoms with Crippen LogP contribution in [0.2, 0.25) is 0 Å². The molecule has 1 aliphatic rings. The third-order valence-electron chi connectivity index (χ3n) is 3.57. The first-order chi connectivity index (χ1) is 9.50. The number of nitrogens with zero attached hydrogens (tertiary/aromatic N) is 2. The van der Waals surface area contributed by atoms with E-state index in [9.17, 15) is 0 Å². The molecule has 1 heterocycles. The molecule has 0 saturated carbocycles. The number of benzene rings is 1. The molecule has 2 rings (SSSR count). The van der Waals surface area contributed by atoms with Crippen molar-refractivity contribution in [2.45, 2.75) is 19.3 Å². The van der Waals surface area contributed by atoms with E-state index in [1.807, 2.05) is 17.8 Å². The fourth-order valence-electron chi connectivity index (χ4n) is 2.27. The molecule has 20 heavy (non-hydrogen) atoms. The highest BCUT2D eigenvalue weighted by molar-refractivity contribution is 9.10. The summed E-state index contributed by atoms with van der Waals surface area (Å²) in [7, 11) is 0. The highest BCUT2D eigenvalue weighted by Gasteiger charge is 2.23. The minimum absolute atomic E-state index is 0.0325. The molecule has 3 nitrogen and oxygen atoms in total. The molecule has 0 aliphatic carbocycles. The summed E-state index contributed by atoms with van der Waals surface area (Å²) in [4.78, 5) is 6.81. The van der Waals surface area contributed by atoms with Crippen molar-refractivity contribution in [1.29, 1.82) is 0 Å². The van der Waals surface area contributed by atoms with Crippen molar-refractivity contribution in [3.05, 3.63) is 34.3 Å². The lowest BCUT2D eigenvalue weighted by atomic mass is 9.85. The topological polar surface area (TPSA) is 41.6 Å². The molecule has 1 saturated heterocycles. The highest BCUT2D eigenvalue weighted by atomic mass is 79.9. The summed E-state index contributed by atoms with van der Waals surface area (Å²) in [5, 5.41) is 0. The van der Waals surface area contributed by atoms with Crippen LogP contribution in [0, 0.1) is 0 Å². The van der Waals surface area contributed by atoms with Gasteiger partial charge in [-0.3, -0.25) is 4.99 Å².